The van der Waals surface area contributed by atoms with Gasteiger partial charge in [-0.3, -0.25) is 9.52 Å². The average molecular weight is 350 g/mol. The van der Waals surface area contributed by atoms with Crippen molar-refractivity contribution in [2.24, 2.45) is 0 Å². The van der Waals surface area contributed by atoms with Gasteiger partial charge in [-0.1, -0.05) is 25.1 Å². The molecule has 5 nitrogen and oxygen atoms in total. The fourth-order valence-corrected chi connectivity index (χ4v) is 3.12. The van der Waals surface area contributed by atoms with Gasteiger partial charge in [0.25, 0.3) is 15.9 Å². The number of carbonyl (C=O) groups is 1. The minimum Gasteiger partial charge on any atom is -0.350 e. The van der Waals surface area contributed by atoms with Gasteiger partial charge in [-0.15, -0.1) is 0 Å². The number of hydrogen-bond acceptors (Lipinski definition) is 3. The van der Waals surface area contributed by atoms with E-state index in [-0.39, 0.29) is 28.1 Å². The molecular formula is C17H19FN2O3S. The Labute approximate surface area is 141 Å². The number of amides is 1. The number of carbonyl (C=O) groups excluding carboxylic acids is 1. The molecule has 0 saturated carbocycles. The van der Waals surface area contributed by atoms with Crippen LogP contribution in [0.1, 0.15) is 30.6 Å². The van der Waals surface area contributed by atoms with Crippen LogP contribution in [0.3, 0.4) is 0 Å². The molecule has 2 rings (SSSR count). The van der Waals surface area contributed by atoms with Crippen molar-refractivity contribution in [2.75, 3.05) is 4.72 Å². The summed E-state index contributed by atoms with van der Waals surface area (Å²) in [6.07, 6.45) is 0.753. The third kappa shape index (κ3) is 4.32. The summed E-state index contributed by atoms with van der Waals surface area (Å²) < 4.78 is 40.4. The van der Waals surface area contributed by atoms with E-state index in [1.165, 1.54) is 24.3 Å². The van der Waals surface area contributed by atoms with Gasteiger partial charge in [0, 0.05) is 6.04 Å². The molecule has 0 aromatic heterocycles. The molecule has 0 aliphatic rings. The first kappa shape index (κ1) is 17.9. The first-order valence-corrected chi connectivity index (χ1v) is 9.00. The maximum absolute atomic E-state index is 13.3. The summed E-state index contributed by atoms with van der Waals surface area (Å²) in [5.74, 6) is -1.03. The van der Waals surface area contributed by atoms with Gasteiger partial charge in [-0.25, -0.2) is 12.8 Å². The Morgan fingerprint density at radius 3 is 2.54 bits per heavy atom. The molecule has 2 N–H and O–H groups in total. The molecule has 0 spiro atoms. The Bertz CT molecular complexity index is 837. The number of nitrogens with one attached hydrogen (secondary N) is 2. The Kier molecular flexibility index (Phi) is 5.56. The fourth-order valence-electron chi connectivity index (χ4n) is 2.01. The number of benzene rings is 2. The molecule has 24 heavy (non-hydrogen) atoms. The van der Waals surface area contributed by atoms with Gasteiger partial charge in [0.15, 0.2) is 0 Å². The van der Waals surface area contributed by atoms with Gasteiger partial charge in [0.1, 0.15) is 5.82 Å². The van der Waals surface area contributed by atoms with Crippen LogP contribution in [-0.4, -0.2) is 20.4 Å². The third-order valence-electron chi connectivity index (χ3n) is 3.51. The molecule has 0 bridgehead atoms. The SMILES string of the molecule is CC[C@@H](C)NC(=O)c1ccccc1NS(=O)(=O)c1cccc(F)c1. The van der Waals surface area contributed by atoms with Crippen molar-refractivity contribution in [1.82, 2.24) is 5.32 Å². The van der Waals surface area contributed by atoms with Crippen molar-refractivity contribution < 1.29 is 17.6 Å². The molecule has 1 atom stereocenters. The van der Waals surface area contributed by atoms with Gasteiger partial charge in [-0.05, 0) is 43.7 Å². The van der Waals surface area contributed by atoms with E-state index >= 15 is 0 Å². The Hall–Kier alpha value is -2.41. The Balaban J connectivity index is 2.32. The van der Waals surface area contributed by atoms with Crippen molar-refractivity contribution in [3.05, 3.63) is 59.9 Å². The van der Waals surface area contributed by atoms with Gasteiger partial charge in [0.2, 0.25) is 0 Å². The van der Waals surface area contributed by atoms with Crippen LogP contribution in [0, 0.1) is 5.82 Å². The topological polar surface area (TPSA) is 75.3 Å². The predicted octanol–water partition coefficient (Wildman–Crippen LogP) is 3.15. The third-order valence-corrected chi connectivity index (χ3v) is 4.88. The molecule has 128 valence electrons. The minimum atomic E-state index is -4.00. The fraction of sp³-hybridized carbons (Fsp3) is 0.235. The summed E-state index contributed by atoms with van der Waals surface area (Å²) >= 11 is 0. The van der Waals surface area contributed by atoms with E-state index < -0.39 is 15.8 Å². The molecule has 0 aliphatic carbocycles. The standard InChI is InChI=1S/C17H19FN2O3S/c1-3-12(2)19-17(21)15-9-4-5-10-16(15)20-24(22,23)14-8-6-7-13(18)11-14/h4-12,20H,3H2,1-2H3,(H,19,21)/t12-/m1/s1. The van der Waals surface area contributed by atoms with E-state index in [1.807, 2.05) is 13.8 Å². The Morgan fingerprint density at radius 2 is 1.88 bits per heavy atom. The maximum atomic E-state index is 13.3. The molecular weight excluding hydrogens is 331 g/mol. The van der Waals surface area contributed by atoms with Gasteiger partial charge >= 0.3 is 0 Å². The molecule has 0 heterocycles. The molecule has 0 aliphatic heterocycles. The summed E-state index contributed by atoms with van der Waals surface area (Å²) in [6.45, 7) is 3.79. The van der Waals surface area contributed by atoms with Crippen LogP contribution in [0.25, 0.3) is 0 Å². The van der Waals surface area contributed by atoms with Crippen LogP contribution >= 0.6 is 0 Å². The second-order valence-electron chi connectivity index (χ2n) is 5.39. The highest BCUT2D eigenvalue weighted by molar-refractivity contribution is 7.92. The molecule has 0 unspecified atom stereocenters. The number of anilines is 1. The molecule has 7 heteroatoms. The van der Waals surface area contributed by atoms with E-state index in [2.05, 4.69) is 10.0 Å². The summed E-state index contributed by atoms with van der Waals surface area (Å²) in [7, 11) is -4.00. The summed E-state index contributed by atoms with van der Waals surface area (Å²) in [6, 6.07) is 10.9. The second kappa shape index (κ2) is 7.44. The maximum Gasteiger partial charge on any atom is 0.262 e. The lowest BCUT2D eigenvalue weighted by Crippen LogP contribution is -2.32. The largest absolute Gasteiger partial charge is 0.350 e. The molecule has 0 saturated heterocycles. The molecule has 0 radical (unpaired) electrons. The molecule has 2 aromatic rings. The van der Waals surface area contributed by atoms with Gasteiger partial charge in [0.05, 0.1) is 16.1 Å². The van der Waals surface area contributed by atoms with Crippen LogP contribution in [0.4, 0.5) is 10.1 Å². The van der Waals surface area contributed by atoms with Crippen LogP contribution in [-0.2, 0) is 10.0 Å². The highest BCUT2D eigenvalue weighted by Gasteiger charge is 2.19. The van der Waals surface area contributed by atoms with Crippen LogP contribution in [0.2, 0.25) is 0 Å². The van der Waals surface area contributed by atoms with Crippen molar-refractivity contribution >= 4 is 21.6 Å². The van der Waals surface area contributed by atoms with Crippen LogP contribution in [0.5, 0.6) is 0 Å². The van der Waals surface area contributed by atoms with E-state index in [1.54, 1.807) is 12.1 Å². The van der Waals surface area contributed by atoms with Crippen LogP contribution in [0.15, 0.2) is 53.4 Å². The van der Waals surface area contributed by atoms with E-state index in [4.69, 9.17) is 0 Å². The lowest BCUT2D eigenvalue weighted by atomic mass is 10.1. The highest BCUT2D eigenvalue weighted by atomic mass is 32.2. The normalized spacial score (nSPS) is 12.5. The van der Waals surface area contributed by atoms with Crippen molar-refractivity contribution in [3.8, 4) is 0 Å². The minimum absolute atomic E-state index is 0.0367. The monoisotopic (exact) mass is 350 g/mol. The lowest BCUT2D eigenvalue weighted by molar-refractivity contribution is 0.0940. The summed E-state index contributed by atoms with van der Waals surface area (Å²) in [5.41, 5.74) is 0.348. The van der Waals surface area contributed by atoms with Crippen molar-refractivity contribution in [3.63, 3.8) is 0 Å². The van der Waals surface area contributed by atoms with Crippen LogP contribution < -0.4 is 10.0 Å². The Morgan fingerprint density at radius 1 is 1.17 bits per heavy atom. The van der Waals surface area contributed by atoms with E-state index in [0.717, 1.165) is 18.6 Å². The number of rotatable bonds is 6. The smallest absolute Gasteiger partial charge is 0.262 e. The zero-order chi connectivity index (χ0) is 17.7. The van der Waals surface area contributed by atoms with Gasteiger partial charge in [-0.2, -0.15) is 0 Å². The number of halogens is 1. The number of sulfonamides is 1. The van der Waals surface area contributed by atoms with Gasteiger partial charge < -0.3 is 5.32 Å². The number of para-hydroxylation sites is 1. The van der Waals surface area contributed by atoms with Crippen molar-refractivity contribution in [1.29, 1.82) is 0 Å². The average Bonchev–Trinajstić information content (AvgIpc) is 2.54. The quantitative estimate of drug-likeness (QED) is 0.840. The predicted molar refractivity (Wildman–Crippen MR) is 90.9 cm³/mol. The second-order valence-corrected chi connectivity index (χ2v) is 7.07. The zero-order valence-corrected chi connectivity index (χ0v) is 14.2. The summed E-state index contributed by atoms with van der Waals surface area (Å²) in [5, 5.41) is 2.79. The lowest BCUT2D eigenvalue weighted by Gasteiger charge is -2.15. The van der Waals surface area contributed by atoms with E-state index in [0.29, 0.717) is 0 Å². The van der Waals surface area contributed by atoms with E-state index in [9.17, 15) is 17.6 Å². The number of hydrogen-bond donors (Lipinski definition) is 2. The first-order chi connectivity index (χ1) is 11.3. The molecule has 0 fully saturated rings. The molecule has 1 amide bonds. The van der Waals surface area contributed by atoms with Crippen molar-refractivity contribution in [2.45, 2.75) is 31.2 Å². The first-order valence-electron chi connectivity index (χ1n) is 7.51. The highest BCUT2D eigenvalue weighted by Crippen LogP contribution is 2.20. The zero-order valence-electron chi connectivity index (χ0n) is 13.4. The molecule has 2 aromatic carbocycles. The summed E-state index contributed by atoms with van der Waals surface area (Å²) in [4.78, 5) is 12.1.